The molecule has 3 aromatic rings. The third kappa shape index (κ3) is 5.66. The molecule has 0 aliphatic heterocycles. The Bertz CT molecular complexity index is 1270. The van der Waals surface area contributed by atoms with E-state index in [1.54, 1.807) is 32.0 Å². The molecule has 2 N–H and O–H groups in total. The van der Waals surface area contributed by atoms with Gasteiger partial charge in [0, 0.05) is 10.2 Å². The van der Waals surface area contributed by atoms with Crippen molar-refractivity contribution in [2.75, 3.05) is 5.32 Å². The number of carbonyl (C=O) groups is 2. The molecule has 3 amide bonds. The van der Waals surface area contributed by atoms with Crippen molar-refractivity contribution >= 4 is 72.7 Å². The maximum absolute atomic E-state index is 13.8. The third-order valence-electron chi connectivity index (χ3n) is 4.51. The summed E-state index contributed by atoms with van der Waals surface area (Å²) in [6.45, 7) is 3.33. The van der Waals surface area contributed by atoms with Gasteiger partial charge in [0.25, 0.3) is 5.91 Å². The monoisotopic (exact) mass is 620 g/mol. The maximum Gasteiger partial charge on any atom is 0.326 e. The zero-order chi connectivity index (χ0) is 24.4. The summed E-state index contributed by atoms with van der Waals surface area (Å²) in [4.78, 5) is 24.5. The number of amides is 3. The Balaban J connectivity index is 1.82. The van der Waals surface area contributed by atoms with Crippen LogP contribution in [0.5, 0.6) is 11.5 Å². The van der Waals surface area contributed by atoms with E-state index in [2.05, 4.69) is 37.2 Å². The van der Waals surface area contributed by atoms with Crippen LogP contribution in [-0.2, 0) is 0 Å². The average Bonchev–Trinajstić information content (AvgIpc) is 2.73. The molecule has 11 heteroatoms. The zero-order valence-corrected chi connectivity index (χ0v) is 21.6. The number of carbonyl (C=O) groups excluding carboxylic acids is 2. The second kappa shape index (κ2) is 10.4. The van der Waals surface area contributed by atoms with Gasteiger partial charge in [-0.05, 0) is 87.2 Å². The average molecular weight is 623 g/mol. The minimum Gasteiger partial charge on any atom is -0.455 e. The van der Waals surface area contributed by atoms with Gasteiger partial charge in [0.2, 0.25) is 0 Å². The number of rotatable bonds is 4. The van der Waals surface area contributed by atoms with Crippen LogP contribution in [0.3, 0.4) is 0 Å². The van der Waals surface area contributed by atoms with Gasteiger partial charge in [0.1, 0.15) is 28.7 Å². The molecule has 0 atom stereocenters. The fourth-order valence-corrected chi connectivity index (χ4v) is 4.14. The van der Waals surface area contributed by atoms with Crippen molar-refractivity contribution in [2.24, 2.45) is 0 Å². The van der Waals surface area contributed by atoms with Crippen LogP contribution in [0.2, 0.25) is 10.0 Å². The molecule has 0 saturated heterocycles. The van der Waals surface area contributed by atoms with E-state index in [1.807, 2.05) is 5.32 Å². The number of nitrogens with one attached hydrogen (secondary N) is 2. The molecule has 5 nitrogen and oxygen atoms in total. The Kier molecular flexibility index (Phi) is 8.00. The van der Waals surface area contributed by atoms with Gasteiger partial charge >= 0.3 is 6.03 Å². The summed E-state index contributed by atoms with van der Waals surface area (Å²) in [5.74, 6) is -2.63. The Labute approximate surface area is 214 Å². The Hall–Kier alpha value is -2.20. The number of halogens is 6. The highest BCUT2D eigenvalue weighted by atomic mass is 79.9. The van der Waals surface area contributed by atoms with Crippen LogP contribution in [0, 0.1) is 25.5 Å². The van der Waals surface area contributed by atoms with E-state index in [0.29, 0.717) is 42.3 Å². The predicted molar refractivity (Wildman–Crippen MR) is 131 cm³/mol. The number of hydrogen-bond donors (Lipinski definition) is 2. The van der Waals surface area contributed by atoms with Crippen molar-refractivity contribution < 1.29 is 23.1 Å². The molecular formula is C22H14Br2Cl2F2N2O3. The van der Waals surface area contributed by atoms with Gasteiger partial charge in [-0.25, -0.2) is 13.6 Å². The lowest BCUT2D eigenvalue weighted by atomic mass is 10.1. The van der Waals surface area contributed by atoms with Crippen LogP contribution in [0.15, 0.2) is 45.3 Å². The van der Waals surface area contributed by atoms with Crippen molar-refractivity contribution in [3.8, 4) is 11.5 Å². The summed E-state index contributed by atoms with van der Waals surface area (Å²) in [7, 11) is 0. The van der Waals surface area contributed by atoms with Crippen molar-refractivity contribution in [3.05, 3.63) is 83.7 Å². The second-order valence-corrected chi connectivity index (χ2v) is 9.30. The van der Waals surface area contributed by atoms with E-state index in [0.717, 1.165) is 18.2 Å². The smallest absolute Gasteiger partial charge is 0.326 e. The normalized spacial score (nSPS) is 10.7. The largest absolute Gasteiger partial charge is 0.455 e. The predicted octanol–water partition coefficient (Wildman–Crippen LogP) is 8.17. The molecule has 0 aliphatic rings. The van der Waals surface area contributed by atoms with E-state index in [1.165, 1.54) is 0 Å². The lowest BCUT2D eigenvalue weighted by Gasteiger charge is -2.17. The molecule has 33 heavy (non-hydrogen) atoms. The number of benzene rings is 3. The topological polar surface area (TPSA) is 67.4 Å². The van der Waals surface area contributed by atoms with Gasteiger partial charge in [0.15, 0.2) is 0 Å². The van der Waals surface area contributed by atoms with Gasteiger partial charge in [-0.1, -0.05) is 29.3 Å². The number of hydrogen-bond acceptors (Lipinski definition) is 3. The van der Waals surface area contributed by atoms with Crippen LogP contribution < -0.4 is 15.4 Å². The fraction of sp³-hybridized carbons (Fsp3) is 0.0909. The summed E-state index contributed by atoms with van der Waals surface area (Å²) in [6.07, 6.45) is 0. The first kappa shape index (κ1) is 25.4. The van der Waals surface area contributed by atoms with Crippen molar-refractivity contribution in [1.29, 1.82) is 0 Å². The highest BCUT2D eigenvalue weighted by Crippen LogP contribution is 2.42. The molecule has 3 aromatic carbocycles. The van der Waals surface area contributed by atoms with Crippen LogP contribution >= 0.6 is 55.1 Å². The second-order valence-electron chi connectivity index (χ2n) is 6.81. The van der Waals surface area contributed by atoms with Gasteiger partial charge in [0.05, 0.1) is 14.5 Å². The van der Waals surface area contributed by atoms with Crippen molar-refractivity contribution in [3.63, 3.8) is 0 Å². The number of anilines is 1. The molecule has 0 radical (unpaired) electrons. The van der Waals surface area contributed by atoms with Crippen LogP contribution in [-0.4, -0.2) is 11.9 Å². The van der Waals surface area contributed by atoms with Crippen LogP contribution in [0.1, 0.15) is 21.5 Å². The zero-order valence-electron chi connectivity index (χ0n) is 17.0. The third-order valence-corrected chi connectivity index (χ3v) is 6.80. The minimum absolute atomic E-state index is 0.209. The van der Waals surface area contributed by atoms with Crippen LogP contribution in [0.4, 0.5) is 19.3 Å². The molecule has 172 valence electrons. The molecule has 0 unspecified atom stereocenters. The summed E-state index contributed by atoms with van der Waals surface area (Å²) in [5.41, 5.74) is 0.469. The molecule has 0 aromatic heterocycles. The Morgan fingerprint density at radius 3 is 2.24 bits per heavy atom. The Morgan fingerprint density at radius 2 is 1.61 bits per heavy atom. The molecule has 0 fully saturated rings. The quantitative estimate of drug-likeness (QED) is 0.289. The Morgan fingerprint density at radius 1 is 0.970 bits per heavy atom. The molecule has 0 heterocycles. The van der Waals surface area contributed by atoms with E-state index < -0.39 is 29.1 Å². The van der Waals surface area contributed by atoms with Gasteiger partial charge in [-0.15, -0.1) is 0 Å². The molecule has 0 aliphatic carbocycles. The van der Waals surface area contributed by atoms with Crippen molar-refractivity contribution in [1.82, 2.24) is 5.32 Å². The fourth-order valence-electron chi connectivity index (χ4n) is 2.92. The first-order valence-electron chi connectivity index (χ1n) is 9.18. The number of urea groups is 1. The lowest BCUT2D eigenvalue weighted by molar-refractivity contribution is 0.0959. The summed E-state index contributed by atoms with van der Waals surface area (Å²) in [6, 6.07) is 6.88. The highest BCUT2D eigenvalue weighted by molar-refractivity contribution is 9.11. The van der Waals surface area contributed by atoms with Gasteiger partial charge < -0.3 is 10.1 Å². The summed E-state index contributed by atoms with van der Waals surface area (Å²) in [5, 5.41) is 5.09. The van der Waals surface area contributed by atoms with E-state index >= 15 is 0 Å². The van der Waals surface area contributed by atoms with E-state index in [9.17, 15) is 18.4 Å². The van der Waals surface area contributed by atoms with Crippen molar-refractivity contribution in [2.45, 2.75) is 13.8 Å². The maximum atomic E-state index is 13.8. The minimum atomic E-state index is -1.22. The summed E-state index contributed by atoms with van der Waals surface area (Å²) < 4.78 is 34.7. The van der Waals surface area contributed by atoms with Gasteiger partial charge in [-0.2, -0.15) is 0 Å². The summed E-state index contributed by atoms with van der Waals surface area (Å²) >= 11 is 19.2. The first-order chi connectivity index (χ1) is 15.5. The molecule has 0 bridgehead atoms. The van der Waals surface area contributed by atoms with E-state index in [4.69, 9.17) is 27.9 Å². The number of imide groups is 1. The standard InChI is InChI=1S/C22H14Br2Cl2F2N2O3/c1-9-6-17(33-16-8-11(23)13(25)7-12(16)24)19(26)10(2)20(9)29-22(32)30-21(31)18-14(27)4-3-5-15(18)28/h3-8H,1-2H3,(H2,29,30,31,32). The molecule has 0 saturated carbocycles. The van der Waals surface area contributed by atoms with Crippen LogP contribution in [0.25, 0.3) is 0 Å². The lowest BCUT2D eigenvalue weighted by Crippen LogP contribution is -2.35. The number of ether oxygens (including phenoxy) is 1. The SMILES string of the molecule is Cc1cc(Oc2cc(Br)c(Cl)cc2Br)c(Cl)c(C)c1NC(=O)NC(=O)c1c(F)cccc1F. The molecule has 0 spiro atoms. The number of aryl methyl sites for hydroxylation is 1. The molecule has 3 rings (SSSR count). The van der Waals surface area contributed by atoms with E-state index in [-0.39, 0.29) is 5.02 Å². The van der Waals surface area contributed by atoms with Gasteiger partial charge in [-0.3, -0.25) is 10.1 Å². The highest BCUT2D eigenvalue weighted by Gasteiger charge is 2.21. The first-order valence-corrected chi connectivity index (χ1v) is 11.5. The molecular weight excluding hydrogens is 609 g/mol.